The second-order valence-electron chi connectivity index (χ2n) is 4.08. The van der Waals surface area contributed by atoms with Gasteiger partial charge in [0.25, 0.3) is 11.1 Å². The van der Waals surface area contributed by atoms with Gasteiger partial charge in [0.15, 0.2) is 6.04 Å². The van der Waals surface area contributed by atoms with Crippen molar-refractivity contribution in [2.24, 2.45) is 0 Å². The average Bonchev–Trinajstić information content (AvgIpc) is 2.77. The van der Waals surface area contributed by atoms with Gasteiger partial charge in [0.1, 0.15) is 0 Å². The maximum absolute atomic E-state index is 5.47. The van der Waals surface area contributed by atoms with Gasteiger partial charge in [0, 0.05) is 5.75 Å². The third-order valence-electron chi connectivity index (χ3n) is 2.33. The lowest BCUT2D eigenvalue weighted by Crippen LogP contribution is -2.51. The number of thioether (sulfide) groups is 1. The van der Waals surface area contributed by atoms with E-state index >= 15 is 0 Å². The highest BCUT2D eigenvalue weighted by atomic mass is 32.2. The van der Waals surface area contributed by atoms with Crippen LogP contribution in [0.5, 0.6) is 0 Å². The van der Waals surface area contributed by atoms with E-state index in [0.717, 1.165) is 5.75 Å². The van der Waals surface area contributed by atoms with E-state index in [1.54, 1.807) is 11.8 Å². The van der Waals surface area contributed by atoms with Gasteiger partial charge in [-0.2, -0.15) is 0 Å². The molecule has 0 amide bonds. The Morgan fingerprint density at radius 2 is 2.00 bits per heavy atom. The van der Waals surface area contributed by atoms with Crippen LogP contribution in [0.4, 0.5) is 0 Å². The largest absolute Gasteiger partial charge is 0.410 e. The molecule has 5 heteroatoms. The molecule has 1 atom stereocenters. The summed E-state index contributed by atoms with van der Waals surface area (Å²) in [5.74, 6) is 1.43. The molecule has 1 aromatic heterocycles. The first-order valence-electron chi connectivity index (χ1n) is 5.50. The minimum absolute atomic E-state index is 0.0382. The van der Waals surface area contributed by atoms with Crippen LogP contribution in [0.15, 0.2) is 33.9 Å². The molecule has 2 aromatic rings. The monoisotopic (exact) mass is 250 g/mol. The molecular formula is C12H16N3OS+. The number of rotatable bonds is 4. The van der Waals surface area contributed by atoms with Crippen molar-refractivity contribution in [3.8, 4) is 0 Å². The second kappa shape index (κ2) is 5.33. The van der Waals surface area contributed by atoms with Crippen molar-refractivity contribution >= 4 is 11.8 Å². The van der Waals surface area contributed by atoms with Gasteiger partial charge < -0.3 is 10.2 Å². The lowest BCUT2D eigenvalue weighted by atomic mass is 10.2. The van der Waals surface area contributed by atoms with E-state index in [9.17, 15) is 0 Å². The lowest BCUT2D eigenvalue weighted by Gasteiger charge is -1.98. The third kappa shape index (κ3) is 3.31. The van der Waals surface area contributed by atoms with Crippen molar-refractivity contribution in [1.82, 2.24) is 10.2 Å². The molecule has 0 aliphatic carbocycles. The van der Waals surface area contributed by atoms with E-state index in [2.05, 4.69) is 47.1 Å². The summed E-state index contributed by atoms with van der Waals surface area (Å²) < 4.78 is 5.47. The molecule has 0 unspecified atom stereocenters. The summed E-state index contributed by atoms with van der Waals surface area (Å²) in [7, 11) is 0. The minimum Gasteiger partial charge on any atom is -0.410 e. The van der Waals surface area contributed by atoms with E-state index in [0.29, 0.717) is 11.1 Å². The summed E-state index contributed by atoms with van der Waals surface area (Å²) in [5.41, 5.74) is 6.37. The Hall–Kier alpha value is -1.33. The van der Waals surface area contributed by atoms with Crippen molar-refractivity contribution in [1.29, 1.82) is 0 Å². The molecule has 2 rings (SSSR count). The van der Waals surface area contributed by atoms with Crippen LogP contribution in [-0.4, -0.2) is 10.2 Å². The Labute approximate surface area is 105 Å². The topological polar surface area (TPSA) is 66.6 Å². The van der Waals surface area contributed by atoms with E-state index in [4.69, 9.17) is 4.42 Å². The van der Waals surface area contributed by atoms with Crippen LogP contribution in [0, 0.1) is 6.92 Å². The zero-order valence-corrected chi connectivity index (χ0v) is 10.8. The van der Waals surface area contributed by atoms with Crippen LogP contribution in [0.25, 0.3) is 0 Å². The van der Waals surface area contributed by atoms with Gasteiger partial charge >= 0.3 is 0 Å². The normalized spacial score (nSPS) is 12.6. The summed E-state index contributed by atoms with van der Waals surface area (Å²) in [6.07, 6.45) is 0. The Bertz CT molecular complexity index is 479. The maximum atomic E-state index is 5.47. The molecule has 0 fully saturated rings. The minimum atomic E-state index is 0.0382. The summed E-state index contributed by atoms with van der Waals surface area (Å²) in [6, 6.07) is 8.48. The number of hydrogen-bond donors (Lipinski definition) is 1. The van der Waals surface area contributed by atoms with Crippen LogP contribution in [-0.2, 0) is 5.75 Å². The zero-order valence-electron chi connectivity index (χ0n) is 10.0. The number of benzene rings is 1. The SMILES string of the molecule is Cc1ccc(CSc2nnc([C@H](C)[NH3+])o2)cc1. The molecule has 0 bridgehead atoms. The van der Waals surface area contributed by atoms with Gasteiger partial charge in [-0.15, -0.1) is 10.2 Å². The van der Waals surface area contributed by atoms with E-state index in [-0.39, 0.29) is 6.04 Å². The van der Waals surface area contributed by atoms with Crippen molar-refractivity contribution in [3.05, 3.63) is 41.3 Å². The van der Waals surface area contributed by atoms with Gasteiger partial charge in [-0.3, -0.25) is 0 Å². The van der Waals surface area contributed by atoms with Crippen molar-refractivity contribution in [2.45, 2.75) is 30.9 Å². The highest BCUT2D eigenvalue weighted by molar-refractivity contribution is 7.98. The van der Waals surface area contributed by atoms with Crippen LogP contribution >= 0.6 is 11.8 Å². The molecular weight excluding hydrogens is 234 g/mol. The molecule has 0 aliphatic heterocycles. The fraction of sp³-hybridized carbons (Fsp3) is 0.333. The summed E-state index contributed by atoms with van der Waals surface area (Å²) >= 11 is 1.55. The van der Waals surface area contributed by atoms with Crippen molar-refractivity contribution < 1.29 is 10.2 Å². The van der Waals surface area contributed by atoms with Crippen LogP contribution in [0.2, 0.25) is 0 Å². The molecule has 90 valence electrons. The first-order valence-corrected chi connectivity index (χ1v) is 6.48. The average molecular weight is 250 g/mol. The smallest absolute Gasteiger partial charge is 0.277 e. The fourth-order valence-electron chi connectivity index (χ4n) is 1.31. The molecule has 17 heavy (non-hydrogen) atoms. The van der Waals surface area contributed by atoms with Crippen LogP contribution in [0.1, 0.15) is 30.0 Å². The molecule has 0 saturated heterocycles. The van der Waals surface area contributed by atoms with Gasteiger partial charge in [-0.25, -0.2) is 0 Å². The van der Waals surface area contributed by atoms with Gasteiger partial charge in [-0.05, 0) is 19.4 Å². The number of nitrogens with zero attached hydrogens (tertiary/aromatic N) is 2. The van der Waals surface area contributed by atoms with Crippen molar-refractivity contribution in [2.75, 3.05) is 0 Å². The molecule has 3 N–H and O–H groups in total. The van der Waals surface area contributed by atoms with E-state index < -0.39 is 0 Å². The number of quaternary nitrogens is 1. The number of aryl methyl sites for hydroxylation is 1. The highest BCUT2D eigenvalue weighted by Gasteiger charge is 2.12. The lowest BCUT2D eigenvalue weighted by molar-refractivity contribution is -0.425. The van der Waals surface area contributed by atoms with Crippen LogP contribution < -0.4 is 5.73 Å². The summed E-state index contributed by atoms with van der Waals surface area (Å²) in [4.78, 5) is 0. The third-order valence-corrected chi connectivity index (χ3v) is 3.22. The first-order chi connectivity index (χ1) is 8.15. The summed E-state index contributed by atoms with van der Waals surface area (Å²) in [5, 5.41) is 8.53. The molecule has 0 aliphatic rings. The van der Waals surface area contributed by atoms with Gasteiger partial charge in [0.2, 0.25) is 0 Å². The quantitative estimate of drug-likeness (QED) is 0.842. The Morgan fingerprint density at radius 3 is 2.59 bits per heavy atom. The van der Waals surface area contributed by atoms with E-state index in [1.165, 1.54) is 11.1 Å². The Balaban J connectivity index is 1.95. The summed E-state index contributed by atoms with van der Waals surface area (Å²) in [6.45, 7) is 4.01. The molecule has 0 saturated carbocycles. The number of hydrogen-bond acceptors (Lipinski definition) is 4. The van der Waals surface area contributed by atoms with Gasteiger partial charge in [-0.1, -0.05) is 41.6 Å². The molecule has 0 spiro atoms. The van der Waals surface area contributed by atoms with Gasteiger partial charge in [0.05, 0.1) is 0 Å². The first kappa shape index (κ1) is 12.1. The van der Waals surface area contributed by atoms with Crippen LogP contribution in [0.3, 0.4) is 0 Å². The zero-order chi connectivity index (χ0) is 12.3. The van der Waals surface area contributed by atoms with Crippen molar-refractivity contribution in [3.63, 3.8) is 0 Å². The molecule has 4 nitrogen and oxygen atoms in total. The maximum Gasteiger partial charge on any atom is 0.277 e. The molecule has 1 aromatic carbocycles. The highest BCUT2D eigenvalue weighted by Crippen LogP contribution is 2.22. The second-order valence-corrected chi connectivity index (χ2v) is 5.01. The Kier molecular flexibility index (Phi) is 3.81. The Morgan fingerprint density at radius 1 is 1.29 bits per heavy atom. The van der Waals surface area contributed by atoms with E-state index in [1.807, 2.05) is 6.92 Å². The predicted octanol–water partition coefficient (Wildman–Crippen LogP) is 1.97. The number of aromatic nitrogens is 2. The molecule has 0 radical (unpaired) electrons. The molecule has 1 heterocycles. The standard InChI is InChI=1S/C12H15N3OS/c1-8-3-5-10(6-4-8)7-17-12-15-14-11(16-12)9(2)13/h3-6,9H,7,13H2,1-2H3/p+1/t9-/m0/s1. The fourth-order valence-corrected chi connectivity index (χ4v) is 2.03. The predicted molar refractivity (Wildman–Crippen MR) is 66.3 cm³/mol.